The van der Waals surface area contributed by atoms with Gasteiger partial charge in [-0.25, -0.2) is 11.1 Å². The summed E-state index contributed by atoms with van der Waals surface area (Å²) in [5.41, 5.74) is 4.48. The van der Waals surface area contributed by atoms with Crippen LogP contribution in [-0.2, 0) is 30.8 Å². The first kappa shape index (κ1) is 35.5. The summed E-state index contributed by atoms with van der Waals surface area (Å²) in [5, 5.41) is 1.49. The number of hydrogen-bond donors (Lipinski definition) is 0. The van der Waals surface area contributed by atoms with Gasteiger partial charge in [0.25, 0.3) is 0 Å². The summed E-state index contributed by atoms with van der Waals surface area (Å²) in [6.07, 6.45) is 23.6. The van der Waals surface area contributed by atoms with Gasteiger partial charge in [0.2, 0.25) is 0 Å². The normalized spacial score (nSPS) is 13.2. The van der Waals surface area contributed by atoms with Gasteiger partial charge in [0.05, 0.1) is 0 Å². The molecule has 3 heteroatoms. The van der Waals surface area contributed by atoms with Crippen molar-refractivity contribution in [1.82, 2.24) is 0 Å². The van der Waals surface area contributed by atoms with Gasteiger partial charge in [-0.1, -0.05) is 164 Å². The van der Waals surface area contributed by atoms with Gasteiger partial charge >= 0.3 is 26.2 Å². The third-order valence-electron chi connectivity index (χ3n) is 7.04. The fourth-order valence-electron chi connectivity index (χ4n) is 4.77. The Morgan fingerprint density at radius 2 is 0.745 bits per heavy atom. The summed E-state index contributed by atoms with van der Waals surface area (Å²) in [6.45, 7) is 0. The van der Waals surface area contributed by atoms with Crippen LogP contribution in [0.3, 0.4) is 0 Å². The topological polar surface area (TPSA) is 17.1 Å². The maximum absolute atomic E-state index is 15.0. The van der Waals surface area contributed by atoms with Gasteiger partial charge in [0.1, 0.15) is 7.14 Å². The number of allylic oxidation sites excluding steroid dienone is 10. The van der Waals surface area contributed by atoms with E-state index in [4.69, 9.17) is 0 Å². The van der Waals surface area contributed by atoms with Gasteiger partial charge in [-0.3, -0.25) is 0 Å². The van der Waals surface area contributed by atoms with E-state index in [1.807, 2.05) is 201 Å². The molecule has 0 saturated heterocycles. The Morgan fingerprint density at radius 3 is 1.11 bits per heavy atom. The van der Waals surface area contributed by atoms with E-state index in [2.05, 4.69) is 24.0 Å². The maximum atomic E-state index is 15.0. The van der Waals surface area contributed by atoms with E-state index in [0.717, 1.165) is 38.4 Å². The van der Waals surface area contributed by atoms with Crippen LogP contribution >= 0.6 is 7.14 Å². The summed E-state index contributed by atoms with van der Waals surface area (Å²) >= 11 is 0. The standard InChI is InChI=1S/C34H25OP.2C5H5.Zr/c35-36(31-22-12-4-13-23-31,32-24-14-5-15-25-32)27-34(30-20-10-3-11-21-30)33(29-18-8-2-9-19-29)26-28-16-6-1-7-17-28;2*1-2-4-5-3-1;/h1-25H;2*1-5H;/q-2;;;+2. The van der Waals surface area contributed by atoms with Crippen LogP contribution in [0, 0.1) is 24.7 Å². The molecule has 0 aliphatic heterocycles. The second-order valence-electron chi connectivity index (χ2n) is 10.3. The van der Waals surface area contributed by atoms with E-state index < -0.39 is 7.14 Å². The fraction of sp³-hybridized carbons (Fsp3) is 0. The van der Waals surface area contributed by atoms with Crippen LogP contribution in [0.1, 0.15) is 16.7 Å². The first-order valence-corrected chi connectivity index (χ1v) is 16.9. The SMILES string of the molecule is O=P([C-]=C(C(=[C-]c1ccccc1)c1ccccc1)c1ccccc1)(c1ccccc1)c1ccccc1.[CH]1C=CC=C1.[CH]1C=CC=C1.[Zr+2]. The van der Waals surface area contributed by atoms with E-state index in [1.54, 1.807) is 0 Å². The van der Waals surface area contributed by atoms with Gasteiger partial charge < -0.3 is 4.57 Å². The predicted molar refractivity (Wildman–Crippen MR) is 197 cm³/mol. The van der Waals surface area contributed by atoms with E-state index in [1.165, 1.54) is 0 Å². The van der Waals surface area contributed by atoms with Crippen molar-refractivity contribution in [3.8, 4) is 0 Å². The second-order valence-corrected chi connectivity index (χ2v) is 12.8. The van der Waals surface area contributed by atoms with Crippen molar-refractivity contribution in [2.24, 2.45) is 0 Å². The third kappa shape index (κ3) is 10.6. The molecule has 2 aliphatic rings. The van der Waals surface area contributed by atoms with Crippen molar-refractivity contribution in [2.45, 2.75) is 0 Å². The van der Waals surface area contributed by atoms with Crippen LogP contribution in [0.4, 0.5) is 0 Å². The molecule has 1 nitrogen and oxygen atoms in total. The Morgan fingerprint density at radius 1 is 0.404 bits per heavy atom. The molecule has 0 spiro atoms. The Balaban J connectivity index is 0.000000387. The molecule has 5 aromatic rings. The number of benzene rings is 5. The van der Waals surface area contributed by atoms with Crippen LogP contribution in [-0.4, -0.2) is 0 Å². The monoisotopic (exact) mass is 700 g/mol. The first-order chi connectivity index (χ1) is 22.7. The van der Waals surface area contributed by atoms with E-state index in [-0.39, 0.29) is 26.2 Å². The quantitative estimate of drug-likeness (QED) is 0.0715. The van der Waals surface area contributed by atoms with E-state index >= 15 is 4.57 Å². The molecule has 226 valence electrons. The third-order valence-corrected chi connectivity index (χ3v) is 9.63. The molecule has 0 saturated carbocycles. The summed E-state index contributed by atoms with van der Waals surface area (Å²) < 4.78 is 15.0. The van der Waals surface area contributed by atoms with Crippen molar-refractivity contribution in [3.05, 3.63) is 242 Å². The summed E-state index contributed by atoms with van der Waals surface area (Å²) in [6, 6.07) is 49.6. The molecule has 0 amide bonds. The minimum atomic E-state index is -3.27. The van der Waals surface area contributed by atoms with Gasteiger partial charge in [-0.05, 0) is 0 Å². The van der Waals surface area contributed by atoms with Gasteiger partial charge in [-0.2, -0.15) is 17.5 Å². The van der Waals surface area contributed by atoms with E-state index in [9.17, 15) is 0 Å². The Labute approximate surface area is 299 Å². The van der Waals surface area contributed by atoms with E-state index in [0.29, 0.717) is 0 Å². The van der Waals surface area contributed by atoms with Gasteiger partial charge in [-0.15, -0.1) is 47.5 Å². The molecule has 47 heavy (non-hydrogen) atoms. The molecule has 0 unspecified atom stereocenters. The van der Waals surface area contributed by atoms with Crippen molar-refractivity contribution in [2.75, 3.05) is 0 Å². The molecule has 0 aromatic heterocycles. The minimum absolute atomic E-state index is 0. The summed E-state index contributed by atoms with van der Waals surface area (Å²) in [4.78, 5) is 0. The first-order valence-electron chi connectivity index (χ1n) is 15.2. The molecule has 0 bridgehead atoms. The number of hydrogen-bond acceptors (Lipinski definition) is 1. The van der Waals surface area contributed by atoms with Gasteiger partial charge in [0, 0.05) is 23.5 Å². The number of rotatable bonds is 7. The van der Waals surface area contributed by atoms with Crippen molar-refractivity contribution in [3.63, 3.8) is 0 Å². The molecule has 5 aromatic carbocycles. The fourth-order valence-corrected chi connectivity index (χ4v) is 7.07. The van der Waals surface area contributed by atoms with Crippen LogP contribution < -0.4 is 10.6 Å². The Hall–Kier alpha value is -4.35. The smallest absolute Gasteiger partial charge is 0.323 e. The Bertz CT molecular complexity index is 1780. The van der Waals surface area contributed by atoms with Crippen molar-refractivity contribution in [1.29, 1.82) is 0 Å². The van der Waals surface area contributed by atoms with Crippen molar-refractivity contribution >= 4 is 28.9 Å². The van der Waals surface area contributed by atoms with Gasteiger partial charge in [0.15, 0.2) is 0 Å². The molecule has 2 radical (unpaired) electrons. The Kier molecular flexibility index (Phi) is 14.6. The van der Waals surface area contributed by atoms with Crippen LogP contribution in [0.2, 0.25) is 0 Å². The minimum Gasteiger partial charge on any atom is -0.323 e. The predicted octanol–water partition coefficient (Wildman–Crippen LogP) is 10.4. The van der Waals surface area contributed by atoms with Crippen LogP contribution in [0.15, 0.2) is 200 Å². The zero-order chi connectivity index (χ0) is 31.7. The molecule has 7 rings (SSSR count). The average molecular weight is 702 g/mol. The zero-order valence-electron chi connectivity index (χ0n) is 26.1. The van der Waals surface area contributed by atoms with Crippen molar-refractivity contribution < 1.29 is 30.8 Å². The molecule has 0 N–H and O–H groups in total. The van der Waals surface area contributed by atoms with Crippen LogP contribution in [0.25, 0.3) is 11.1 Å². The molecular weight excluding hydrogens is 667 g/mol. The van der Waals surface area contributed by atoms with Crippen LogP contribution in [0.5, 0.6) is 0 Å². The maximum Gasteiger partial charge on any atom is 2.00 e. The molecule has 0 atom stereocenters. The summed E-state index contributed by atoms with van der Waals surface area (Å²) in [5.74, 6) is 3.57. The average Bonchev–Trinajstić information content (AvgIpc) is 3.93. The second kappa shape index (κ2) is 19.3. The molecular formula is C44H35OPZr. The molecule has 2 aliphatic carbocycles. The molecule has 0 heterocycles. The summed E-state index contributed by atoms with van der Waals surface area (Å²) in [7, 11) is -3.27. The largest absolute Gasteiger partial charge is 2.00 e. The zero-order valence-corrected chi connectivity index (χ0v) is 29.4. The molecule has 0 fully saturated rings.